The van der Waals surface area contributed by atoms with Gasteiger partial charge >= 0.3 is 0 Å². The van der Waals surface area contributed by atoms with Crippen LogP contribution in [0.1, 0.15) is 70.3 Å². The summed E-state index contributed by atoms with van der Waals surface area (Å²) < 4.78 is 30.0. The Bertz CT molecular complexity index is 1510. The first-order chi connectivity index (χ1) is 19.8. The summed E-state index contributed by atoms with van der Waals surface area (Å²) in [6.45, 7) is 0.585. The van der Waals surface area contributed by atoms with Gasteiger partial charge in [0, 0.05) is 49.4 Å². The number of fused-ring (bicyclic) bond motifs is 1. The Morgan fingerprint density at radius 3 is 2.37 bits per heavy atom. The molecule has 2 saturated carbocycles. The Morgan fingerprint density at radius 1 is 0.951 bits per heavy atom. The topological polar surface area (TPSA) is 174 Å². The van der Waals surface area contributed by atoms with Crippen molar-refractivity contribution in [2.24, 2.45) is 5.73 Å². The van der Waals surface area contributed by atoms with Crippen molar-refractivity contribution in [2.45, 2.75) is 93.3 Å². The van der Waals surface area contributed by atoms with Crippen molar-refractivity contribution in [3.05, 3.63) is 40.7 Å². The van der Waals surface area contributed by atoms with Gasteiger partial charge in [0.15, 0.2) is 17.0 Å². The van der Waals surface area contributed by atoms with Crippen LogP contribution < -0.4 is 16.4 Å². The van der Waals surface area contributed by atoms with E-state index in [9.17, 15) is 18.5 Å². The van der Waals surface area contributed by atoms with Gasteiger partial charge < -0.3 is 20.9 Å². The molecule has 3 aromatic rings. The molecule has 6 rings (SSSR count). The zero-order valence-electron chi connectivity index (χ0n) is 23.0. The maximum atomic E-state index is 13.2. The average molecular weight is 584 g/mol. The molecule has 13 nitrogen and oxygen atoms in total. The minimum atomic E-state index is -3.84. The maximum Gasteiger partial charge on any atom is 0.270 e. The van der Waals surface area contributed by atoms with E-state index in [0.717, 1.165) is 55.8 Å². The van der Waals surface area contributed by atoms with Crippen molar-refractivity contribution in [1.29, 1.82) is 0 Å². The monoisotopic (exact) mass is 583 g/mol. The van der Waals surface area contributed by atoms with E-state index >= 15 is 0 Å². The van der Waals surface area contributed by atoms with Crippen molar-refractivity contribution in [3.8, 4) is 0 Å². The Kier molecular flexibility index (Phi) is 7.79. The fourth-order valence-electron chi connectivity index (χ4n) is 6.32. The minimum Gasteiger partial charge on any atom is -0.365 e. The molecule has 2 aromatic heterocycles. The highest BCUT2D eigenvalue weighted by molar-refractivity contribution is 7.89. The molecule has 0 radical (unpaired) electrons. The summed E-state index contributed by atoms with van der Waals surface area (Å²) >= 11 is 0. The van der Waals surface area contributed by atoms with Gasteiger partial charge in [0.25, 0.3) is 5.69 Å². The largest absolute Gasteiger partial charge is 0.365 e. The van der Waals surface area contributed by atoms with Gasteiger partial charge in [-0.25, -0.2) is 13.4 Å². The van der Waals surface area contributed by atoms with E-state index in [4.69, 9.17) is 20.7 Å². The predicted molar refractivity (Wildman–Crippen MR) is 155 cm³/mol. The third-order valence-electron chi connectivity index (χ3n) is 8.71. The van der Waals surface area contributed by atoms with E-state index in [1.165, 1.54) is 35.3 Å². The summed E-state index contributed by atoms with van der Waals surface area (Å²) in [5.41, 5.74) is 7.40. The summed E-state index contributed by atoms with van der Waals surface area (Å²) in [5, 5.41) is 18.2. The van der Waals surface area contributed by atoms with Crippen LogP contribution in [-0.2, 0) is 10.0 Å². The highest BCUT2D eigenvalue weighted by Crippen LogP contribution is 2.34. The number of nitro benzene ring substituents is 1. The SMILES string of the molecule is N[C@H]1CC[C@H](Nc2nc(NC3CCN(S(=O)(=O)c4cccc([N+](=O)[O-])c4)CC3)c3ncn(C4CCCC4)c3n2)CC1. The summed E-state index contributed by atoms with van der Waals surface area (Å²) in [6, 6.07) is 6.10. The molecule has 1 aliphatic heterocycles. The number of rotatable bonds is 8. The first kappa shape index (κ1) is 27.8. The van der Waals surface area contributed by atoms with Crippen LogP contribution in [0, 0.1) is 10.1 Å². The number of non-ortho nitro benzene ring substituents is 1. The van der Waals surface area contributed by atoms with E-state index in [1.807, 2.05) is 6.33 Å². The lowest BCUT2D eigenvalue weighted by Gasteiger charge is -2.32. The van der Waals surface area contributed by atoms with Crippen molar-refractivity contribution in [3.63, 3.8) is 0 Å². The van der Waals surface area contributed by atoms with Crippen LogP contribution in [0.2, 0.25) is 0 Å². The highest BCUT2D eigenvalue weighted by Gasteiger charge is 2.31. The van der Waals surface area contributed by atoms with E-state index in [-0.39, 0.29) is 28.7 Å². The molecule has 2 aliphatic carbocycles. The number of nitrogens with one attached hydrogen (secondary N) is 2. The van der Waals surface area contributed by atoms with Crippen molar-refractivity contribution in [2.75, 3.05) is 23.7 Å². The Labute approximate surface area is 239 Å². The van der Waals surface area contributed by atoms with Gasteiger partial charge in [-0.05, 0) is 57.4 Å². The number of piperidine rings is 1. The Hall–Kier alpha value is -3.36. The molecule has 0 atom stereocenters. The van der Waals surface area contributed by atoms with Crippen molar-refractivity contribution >= 4 is 38.6 Å². The van der Waals surface area contributed by atoms with Crippen LogP contribution in [0.3, 0.4) is 0 Å². The number of hydrogen-bond donors (Lipinski definition) is 3. The van der Waals surface area contributed by atoms with Crippen LogP contribution in [0.15, 0.2) is 35.5 Å². The molecule has 220 valence electrons. The highest BCUT2D eigenvalue weighted by atomic mass is 32.2. The van der Waals surface area contributed by atoms with Gasteiger partial charge in [-0.2, -0.15) is 14.3 Å². The fraction of sp³-hybridized carbons (Fsp3) is 0.593. The number of nitrogens with zero attached hydrogens (tertiary/aromatic N) is 6. The lowest BCUT2D eigenvalue weighted by atomic mass is 9.92. The molecule has 41 heavy (non-hydrogen) atoms. The zero-order chi connectivity index (χ0) is 28.6. The maximum absolute atomic E-state index is 13.2. The Balaban J connectivity index is 1.20. The second kappa shape index (κ2) is 11.5. The molecule has 1 aromatic carbocycles. The molecular weight excluding hydrogens is 546 g/mol. The van der Waals surface area contributed by atoms with Crippen LogP contribution >= 0.6 is 0 Å². The molecule has 0 amide bonds. The van der Waals surface area contributed by atoms with E-state index in [0.29, 0.717) is 43.7 Å². The van der Waals surface area contributed by atoms with Crippen molar-refractivity contribution in [1.82, 2.24) is 23.8 Å². The number of nitro groups is 1. The first-order valence-corrected chi connectivity index (χ1v) is 16.0. The second-order valence-electron chi connectivity index (χ2n) is 11.5. The van der Waals surface area contributed by atoms with E-state index < -0.39 is 14.9 Å². The number of aromatic nitrogens is 4. The van der Waals surface area contributed by atoms with Crippen LogP contribution in [0.4, 0.5) is 17.5 Å². The van der Waals surface area contributed by atoms with Crippen LogP contribution in [-0.4, -0.2) is 68.4 Å². The normalized spacial score (nSPS) is 23.1. The van der Waals surface area contributed by atoms with Gasteiger partial charge in [-0.3, -0.25) is 10.1 Å². The number of nitrogens with two attached hydrogens (primary N) is 1. The predicted octanol–water partition coefficient (Wildman–Crippen LogP) is 3.80. The second-order valence-corrected chi connectivity index (χ2v) is 13.4. The molecule has 0 bridgehead atoms. The van der Waals surface area contributed by atoms with Crippen LogP contribution in [0.5, 0.6) is 0 Å². The number of sulfonamides is 1. The summed E-state index contributed by atoms with van der Waals surface area (Å²) in [4.78, 5) is 25.0. The van der Waals surface area contributed by atoms with Crippen LogP contribution in [0.25, 0.3) is 11.2 Å². The van der Waals surface area contributed by atoms with Crippen molar-refractivity contribution < 1.29 is 13.3 Å². The lowest BCUT2D eigenvalue weighted by molar-refractivity contribution is -0.385. The zero-order valence-corrected chi connectivity index (χ0v) is 23.8. The van der Waals surface area contributed by atoms with Gasteiger partial charge in [0.1, 0.15) is 0 Å². The molecule has 3 heterocycles. The standard InChI is InChI=1S/C27H37N9O4S/c28-18-8-10-19(11-9-18)31-27-32-25(24-26(33-27)35(17-29-24)21-4-1-2-5-21)30-20-12-14-34(15-13-20)41(39,40)23-7-3-6-22(16-23)36(37)38/h3,6-7,16-21H,1-2,4-5,8-15,28H2,(H2,30,31,32,33)/t18-,19-. The number of imidazole rings is 1. The van der Waals surface area contributed by atoms with E-state index in [2.05, 4.69) is 15.2 Å². The van der Waals surface area contributed by atoms with Gasteiger partial charge in [-0.1, -0.05) is 18.9 Å². The molecule has 1 saturated heterocycles. The fourth-order valence-corrected chi connectivity index (χ4v) is 7.83. The van der Waals surface area contributed by atoms with Gasteiger partial charge in [0.05, 0.1) is 16.1 Å². The molecule has 4 N–H and O–H groups in total. The molecule has 3 aliphatic rings. The summed E-state index contributed by atoms with van der Waals surface area (Å²) in [5.74, 6) is 1.23. The molecule has 0 unspecified atom stereocenters. The quantitative estimate of drug-likeness (QED) is 0.261. The van der Waals surface area contributed by atoms with Gasteiger partial charge in [-0.15, -0.1) is 0 Å². The first-order valence-electron chi connectivity index (χ1n) is 14.6. The molecular formula is C27H37N9O4S. The number of benzene rings is 1. The third kappa shape index (κ3) is 5.86. The van der Waals surface area contributed by atoms with Gasteiger partial charge in [0.2, 0.25) is 16.0 Å². The molecule has 3 fully saturated rings. The molecule has 14 heteroatoms. The third-order valence-corrected chi connectivity index (χ3v) is 10.6. The Morgan fingerprint density at radius 2 is 1.66 bits per heavy atom. The minimum absolute atomic E-state index is 0.0122. The number of anilines is 2. The van der Waals surface area contributed by atoms with E-state index in [1.54, 1.807) is 0 Å². The summed E-state index contributed by atoms with van der Waals surface area (Å²) in [6.07, 6.45) is 11.5. The smallest absolute Gasteiger partial charge is 0.270 e. The average Bonchev–Trinajstić information content (AvgIpc) is 3.65. The number of hydrogen-bond acceptors (Lipinski definition) is 10. The lowest BCUT2D eigenvalue weighted by Crippen LogP contribution is -2.42. The molecule has 0 spiro atoms. The summed E-state index contributed by atoms with van der Waals surface area (Å²) in [7, 11) is -3.84.